The summed E-state index contributed by atoms with van der Waals surface area (Å²) in [5.41, 5.74) is 3.01. The van der Waals surface area contributed by atoms with E-state index in [4.69, 9.17) is 0 Å². The van der Waals surface area contributed by atoms with E-state index in [9.17, 15) is 13.6 Å². The van der Waals surface area contributed by atoms with E-state index in [2.05, 4.69) is 9.97 Å². The Bertz CT molecular complexity index is 1240. The number of benzene rings is 2. The molecule has 0 spiro atoms. The van der Waals surface area contributed by atoms with Crippen molar-refractivity contribution in [3.8, 4) is 16.9 Å². The fourth-order valence-electron chi connectivity index (χ4n) is 3.72. The van der Waals surface area contributed by atoms with Crippen molar-refractivity contribution in [2.75, 3.05) is 0 Å². The zero-order chi connectivity index (χ0) is 21.5. The van der Waals surface area contributed by atoms with Crippen molar-refractivity contribution >= 4 is 17.2 Å². The first-order valence-electron chi connectivity index (χ1n) is 9.79. The minimum atomic E-state index is -0.341. The molecule has 2 aromatic carbocycles. The van der Waals surface area contributed by atoms with Crippen molar-refractivity contribution in [3.05, 3.63) is 87.8 Å². The molecule has 0 fully saturated rings. The third-order valence-electron chi connectivity index (χ3n) is 5.25. The summed E-state index contributed by atoms with van der Waals surface area (Å²) < 4.78 is 28.5. The van der Waals surface area contributed by atoms with Gasteiger partial charge in [0.2, 0.25) is 5.91 Å². The van der Waals surface area contributed by atoms with Crippen LogP contribution in [0, 0.1) is 18.6 Å². The quantitative estimate of drug-likeness (QED) is 0.467. The van der Waals surface area contributed by atoms with Gasteiger partial charge in [-0.1, -0.05) is 0 Å². The highest BCUT2D eigenvalue weighted by atomic mass is 32.1. The Morgan fingerprint density at radius 1 is 1.00 bits per heavy atom. The molecule has 0 bridgehead atoms. The lowest BCUT2D eigenvalue weighted by atomic mass is 10.2. The van der Waals surface area contributed by atoms with Gasteiger partial charge in [0.25, 0.3) is 0 Å². The van der Waals surface area contributed by atoms with Gasteiger partial charge in [-0.05, 0) is 55.5 Å². The molecular formula is C23H18F2N4OS. The van der Waals surface area contributed by atoms with E-state index in [-0.39, 0.29) is 24.0 Å². The van der Waals surface area contributed by atoms with Crippen molar-refractivity contribution in [2.45, 2.75) is 26.4 Å². The van der Waals surface area contributed by atoms with E-state index in [0.717, 1.165) is 21.1 Å². The molecule has 1 aliphatic rings. The van der Waals surface area contributed by atoms with Gasteiger partial charge in [-0.25, -0.2) is 18.7 Å². The maximum absolute atomic E-state index is 13.4. The minimum Gasteiger partial charge on any atom is -0.331 e. The van der Waals surface area contributed by atoms with E-state index in [0.29, 0.717) is 30.3 Å². The molecule has 1 amide bonds. The van der Waals surface area contributed by atoms with E-state index in [1.807, 2.05) is 6.92 Å². The molecule has 31 heavy (non-hydrogen) atoms. The predicted octanol–water partition coefficient (Wildman–Crippen LogP) is 4.67. The zero-order valence-electron chi connectivity index (χ0n) is 16.7. The van der Waals surface area contributed by atoms with Gasteiger partial charge in [-0.2, -0.15) is 0 Å². The summed E-state index contributed by atoms with van der Waals surface area (Å²) in [5, 5.41) is 1.01. The molecule has 0 unspecified atom stereocenters. The second kappa shape index (κ2) is 7.70. The van der Waals surface area contributed by atoms with Gasteiger partial charge >= 0.3 is 0 Å². The number of halogens is 2. The SMILES string of the molecule is Cc1nc2c(s1)CN(C(=O)Cc1nc(-c3ccc(F)cc3)cn1-c1ccc(F)cc1)C2. The topological polar surface area (TPSA) is 51.0 Å². The van der Waals surface area contributed by atoms with Crippen LogP contribution in [0.2, 0.25) is 0 Å². The fraction of sp³-hybridized carbons (Fsp3) is 0.174. The number of hydrogen-bond donors (Lipinski definition) is 0. The summed E-state index contributed by atoms with van der Waals surface area (Å²) in [5.74, 6) is -0.188. The van der Waals surface area contributed by atoms with Crippen LogP contribution in [-0.4, -0.2) is 25.3 Å². The van der Waals surface area contributed by atoms with Gasteiger partial charge in [0.15, 0.2) is 0 Å². The molecule has 156 valence electrons. The normalized spacial score (nSPS) is 12.9. The van der Waals surface area contributed by atoms with Crippen LogP contribution in [0.15, 0.2) is 54.7 Å². The lowest BCUT2D eigenvalue weighted by Crippen LogP contribution is -2.28. The molecule has 0 radical (unpaired) electrons. The first-order chi connectivity index (χ1) is 15.0. The molecular weight excluding hydrogens is 418 g/mol. The number of hydrogen-bond acceptors (Lipinski definition) is 4. The Hall–Kier alpha value is -3.39. The first kappa shape index (κ1) is 19.6. The lowest BCUT2D eigenvalue weighted by molar-refractivity contribution is -0.131. The number of fused-ring (bicyclic) bond motifs is 1. The number of imidazole rings is 1. The maximum Gasteiger partial charge on any atom is 0.230 e. The Balaban J connectivity index is 1.46. The number of nitrogens with zero attached hydrogens (tertiary/aromatic N) is 4. The van der Waals surface area contributed by atoms with Crippen LogP contribution in [-0.2, 0) is 24.3 Å². The predicted molar refractivity (Wildman–Crippen MR) is 114 cm³/mol. The zero-order valence-corrected chi connectivity index (χ0v) is 17.5. The fourth-order valence-corrected chi connectivity index (χ4v) is 4.68. The Kier molecular flexibility index (Phi) is 4.86. The van der Waals surface area contributed by atoms with Crippen molar-refractivity contribution in [1.82, 2.24) is 19.4 Å². The van der Waals surface area contributed by atoms with Crippen molar-refractivity contribution in [2.24, 2.45) is 0 Å². The number of aromatic nitrogens is 3. The Labute approximate surface area is 181 Å². The molecule has 2 aromatic heterocycles. The largest absolute Gasteiger partial charge is 0.331 e. The summed E-state index contributed by atoms with van der Waals surface area (Å²) in [7, 11) is 0. The van der Waals surface area contributed by atoms with Gasteiger partial charge in [0.1, 0.15) is 17.5 Å². The molecule has 3 heterocycles. The number of thiazole rings is 1. The molecule has 0 saturated carbocycles. The Morgan fingerprint density at radius 3 is 2.35 bits per heavy atom. The van der Waals surface area contributed by atoms with Crippen LogP contribution in [0.3, 0.4) is 0 Å². The second-order valence-corrected chi connectivity index (χ2v) is 8.71. The number of amides is 1. The highest BCUT2D eigenvalue weighted by molar-refractivity contribution is 7.11. The third-order valence-corrected chi connectivity index (χ3v) is 6.24. The van der Waals surface area contributed by atoms with Gasteiger partial charge in [0, 0.05) is 22.3 Å². The van der Waals surface area contributed by atoms with Crippen molar-refractivity contribution in [1.29, 1.82) is 0 Å². The molecule has 0 N–H and O–H groups in total. The summed E-state index contributed by atoms with van der Waals surface area (Å²) in [6.45, 7) is 3.02. The summed E-state index contributed by atoms with van der Waals surface area (Å²) in [4.78, 5) is 25.1. The molecule has 1 aliphatic heterocycles. The summed E-state index contributed by atoms with van der Waals surface area (Å²) in [6, 6.07) is 12.0. The average molecular weight is 436 g/mol. The highest BCUT2D eigenvalue weighted by Gasteiger charge is 2.27. The monoisotopic (exact) mass is 436 g/mol. The van der Waals surface area contributed by atoms with Crippen LogP contribution >= 0.6 is 11.3 Å². The number of carbonyl (C=O) groups is 1. The number of carbonyl (C=O) groups excluding carboxylic acids is 1. The molecule has 8 heteroatoms. The molecule has 5 nitrogen and oxygen atoms in total. The van der Waals surface area contributed by atoms with Crippen LogP contribution in [0.4, 0.5) is 8.78 Å². The van der Waals surface area contributed by atoms with Gasteiger partial charge in [-0.3, -0.25) is 4.79 Å². The highest BCUT2D eigenvalue weighted by Crippen LogP contribution is 2.29. The molecule has 5 rings (SSSR count). The van der Waals surface area contributed by atoms with Crippen LogP contribution < -0.4 is 0 Å². The van der Waals surface area contributed by atoms with Crippen LogP contribution in [0.25, 0.3) is 16.9 Å². The van der Waals surface area contributed by atoms with Crippen LogP contribution in [0.1, 0.15) is 21.4 Å². The smallest absolute Gasteiger partial charge is 0.230 e. The van der Waals surface area contributed by atoms with Crippen LogP contribution in [0.5, 0.6) is 0 Å². The number of rotatable bonds is 4. The van der Waals surface area contributed by atoms with E-state index in [1.165, 1.54) is 24.3 Å². The van der Waals surface area contributed by atoms with Gasteiger partial charge in [-0.15, -0.1) is 11.3 Å². The maximum atomic E-state index is 13.4. The van der Waals surface area contributed by atoms with Crippen molar-refractivity contribution in [3.63, 3.8) is 0 Å². The second-order valence-electron chi connectivity index (χ2n) is 7.43. The number of aryl methyl sites for hydroxylation is 1. The molecule has 4 aromatic rings. The van der Waals surface area contributed by atoms with Crippen molar-refractivity contribution < 1.29 is 13.6 Å². The van der Waals surface area contributed by atoms with E-state index >= 15 is 0 Å². The standard InChI is InChI=1S/C23H18F2N4OS/c1-14-26-20-11-28(13-21(20)31-14)23(30)10-22-27-19(15-2-4-16(24)5-3-15)12-29(22)18-8-6-17(25)7-9-18/h2-9,12H,10-11,13H2,1H3. The van der Waals surface area contributed by atoms with E-state index < -0.39 is 0 Å². The first-order valence-corrected chi connectivity index (χ1v) is 10.6. The molecule has 0 aliphatic carbocycles. The van der Waals surface area contributed by atoms with E-state index in [1.54, 1.807) is 51.3 Å². The summed E-state index contributed by atoms with van der Waals surface area (Å²) in [6.07, 6.45) is 1.88. The lowest BCUT2D eigenvalue weighted by Gasteiger charge is -2.16. The molecule has 0 atom stereocenters. The minimum absolute atomic E-state index is 0.0533. The average Bonchev–Trinajstić information content (AvgIpc) is 3.42. The van der Waals surface area contributed by atoms with Gasteiger partial charge < -0.3 is 9.47 Å². The molecule has 0 saturated heterocycles. The Morgan fingerprint density at radius 2 is 1.68 bits per heavy atom. The summed E-state index contributed by atoms with van der Waals surface area (Å²) >= 11 is 1.62. The third kappa shape index (κ3) is 3.86. The van der Waals surface area contributed by atoms with Gasteiger partial charge in [0.05, 0.1) is 35.9 Å².